The average Bonchev–Trinajstić information content (AvgIpc) is 4.03. The molecule has 0 fully saturated rings. The molecule has 3 aromatic heterocycles. The van der Waals surface area contributed by atoms with Gasteiger partial charge < -0.3 is 18.3 Å². The van der Waals surface area contributed by atoms with Gasteiger partial charge in [-0.25, -0.2) is 0 Å². The molecule has 326 valence electrons. The molecule has 0 saturated heterocycles. The van der Waals surface area contributed by atoms with Crippen LogP contribution in [0.15, 0.2) is 191 Å². The van der Waals surface area contributed by atoms with Gasteiger partial charge in [-0.2, -0.15) is 0 Å². The smallest absolute Gasteiger partial charge is 0.159 e. The van der Waals surface area contributed by atoms with Gasteiger partial charge in [-0.05, 0) is 127 Å². The fourth-order valence-corrected chi connectivity index (χ4v) is 11.4. The number of rotatable bonds is 4. The van der Waals surface area contributed by atoms with Crippen molar-refractivity contribution in [3.8, 4) is 27.9 Å². The zero-order valence-electron chi connectivity index (χ0n) is 39.0. The van der Waals surface area contributed by atoms with Gasteiger partial charge in [-0.15, -0.1) is 0 Å². The summed E-state index contributed by atoms with van der Waals surface area (Å²) in [6.07, 6.45) is 0. The van der Waals surface area contributed by atoms with Crippen molar-refractivity contribution in [2.45, 2.75) is 52.4 Å². The number of nitrogens with zero attached hydrogens (tertiary/aromatic N) is 2. The third kappa shape index (κ3) is 5.55. The van der Waals surface area contributed by atoms with Crippen molar-refractivity contribution in [2.75, 3.05) is 4.90 Å². The molecule has 0 amide bonds. The number of fused-ring (bicyclic) bond motifs is 15. The largest absolute Gasteiger partial charge is 0.454 e. The van der Waals surface area contributed by atoms with Crippen LogP contribution in [-0.4, -0.2) is 4.57 Å². The Morgan fingerprint density at radius 3 is 1.26 bits per heavy atom. The maximum atomic E-state index is 7.10. The number of benzene rings is 10. The molecule has 0 aliphatic heterocycles. The number of para-hydroxylation sites is 6. The SMILES string of the molecule is CC(C)(C)c1cccc2c1oc1c(N(c3ccc4cc5c(cc4c3)-c3cc4ccc(-n6c7ccccc7c7ccccc76)cc4cc3-5)c3cccc4c3oc3c(C(C)(C)C)cccc34)cccc12. The first-order valence-corrected chi connectivity index (χ1v) is 23.8. The second-order valence-electron chi connectivity index (χ2n) is 20.9. The molecule has 0 radical (unpaired) electrons. The zero-order valence-corrected chi connectivity index (χ0v) is 39.0. The summed E-state index contributed by atoms with van der Waals surface area (Å²) in [5.74, 6) is 0. The maximum absolute atomic E-state index is 7.10. The molecule has 0 atom stereocenters. The van der Waals surface area contributed by atoms with E-state index in [0.717, 1.165) is 60.9 Å². The van der Waals surface area contributed by atoms with Crippen LogP contribution in [0.5, 0.6) is 0 Å². The lowest BCUT2D eigenvalue weighted by atomic mass is 9.78. The third-order valence-electron chi connectivity index (χ3n) is 14.7. The normalized spacial score (nSPS) is 12.9. The number of furan rings is 2. The molecule has 0 bridgehead atoms. The Kier molecular flexibility index (Phi) is 7.91. The van der Waals surface area contributed by atoms with E-state index >= 15 is 0 Å². The monoisotopic (exact) mass is 876 g/mol. The lowest BCUT2D eigenvalue weighted by Gasteiger charge is -2.28. The fourth-order valence-electron chi connectivity index (χ4n) is 11.4. The summed E-state index contributed by atoms with van der Waals surface area (Å²) in [5.41, 5.74) is 17.5. The van der Waals surface area contributed by atoms with Crippen molar-refractivity contribution in [1.82, 2.24) is 4.57 Å². The van der Waals surface area contributed by atoms with E-state index in [9.17, 15) is 0 Å². The van der Waals surface area contributed by atoms with E-state index in [1.54, 1.807) is 0 Å². The molecule has 14 rings (SSSR count). The predicted molar refractivity (Wildman–Crippen MR) is 287 cm³/mol. The van der Waals surface area contributed by atoms with Crippen LogP contribution in [0.4, 0.5) is 17.1 Å². The first-order valence-electron chi connectivity index (χ1n) is 23.8. The number of anilines is 3. The summed E-state index contributed by atoms with van der Waals surface area (Å²) in [6.45, 7) is 13.5. The lowest BCUT2D eigenvalue weighted by molar-refractivity contribution is 0.573. The van der Waals surface area contributed by atoms with E-state index in [-0.39, 0.29) is 10.8 Å². The van der Waals surface area contributed by atoms with Crippen molar-refractivity contribution in [2.24, 2.45) is 0 Å². The van der Waals surface area contributed by atoms with Crippen LogP contribution in [0.25, 0.3) is 115 Å². The molecular formula is C64H48N2O2. The summed E-state index contributed by atoms with van der Waals surface area (Å²) in [6, 6.07) is 67.0. The average molecular weight is 877 g/mol. The summed E-state index contributed by atoms with van der Waals surface area (Å²) >= 11 is 0. The van der Waals surface area contributed by atoms with Gasteiger partial charge in [0.25, 0.3) is 0 Å². The van der Waals surface area contributed by atoms with E-state index in [1.807, 2.05) is 0 Å². The first-order chi connectivity index (χ1) is 33.0. The highest BCUT2D eigenvalue weighted by atomic mass is 16.3. The van der Waals surface area contributed by atoms with Gasteiger partial charge in [0.15, 0.2) is 11.2 Å². The Hall–Kier alpha value is -8.08. The summed E-state index contributed by atoms with van der Waals surface area (Å²) < 4.78 is 16.6. The topological polar surface area (TPSA) is 34.5 Å². The van der Waals surface area contributed by atoms with E-state index in [2.05, 4.69) is 233 Å². The van der Waals surface area contributed by atoms with Crippen LogP contribution < -0.4 is 4.90 Å². The van der Waals surface area contributed by atoms with Gasteiger partial charge in [-0.3, -0.25) is 0 Å². The number of aromatic nitrogens is 1. The quantitative estimate of drug-likeness (QED) is 0.177. The van der Waals surface area contributed by atoms with E-state index in [0.29, 0.717) is 0 Å². The molecule has 0 spiro atoms. The number of hydrogen-bond donors (Lipinski definition) is 0. The van der Waals surface area contributed by atoms with E-state index < -0.39 is 0 Å². The predicted octanol–water partition coefficient (Wildman–Crippen LogP) is 18.6. The summed E-state index contributed by atoms with van der Waals surface area (Å²) in [5, 5.41) is 11.8. The standard InChI is InChI=1S/C64H48N2O2/c1-63(2,3)53-21-11-17-45-47-19-13-25-57(61(47)67-59(45)53)66(58-26-14-20-48-46-18-12-22-54(64(4,5)6)60(46)68-62(48)58)42-30-28-38-34-50-51-35-39-31-41(29-27-37(39)33-49(51)52(50)36-40(38)32-42)65-55-23-9-7-15-43(55)44-16-8-10-24-56(44)65/h7-36H,1-6H3. The molecular weight excluding hydrogens is 829 g/mol. The van der Waals surface area contributed by atoms with Gasteiger partial charge in [0.05, 0.1) is 22.4 Å². The first kappa shape index (κ1) is 39.1. The van der Waals surface area contributed by atoms with Gasteiger partial charge in [0.2, 0.25) is 0 Å². The minimum atomic E-state index is -0.0981. The minimum absolute atomic E-state index is 0.0981. The van der Waals surface area contributed by atoms with Gasteiger partial charge in [-0.1, -0.05) is 151 Å². The van der Waals surface area contributed by atoms with E-state index in [4.69, 9.17) is 8.83 Å². The molecule has 1 aliphatic rings. The second-order valence-corrected chi connectivity index (χ2v) is 20.9. The Morgan fingerprint density at radius 2 is 0.765 bits per heavy atom. The molecule has 10 aromatic carbocycles. The van der Waals surface area contributed by atoms with Crippen LogP contribution in [0.1, 0.15) is 52.7 Å². The lowest BCUT2D eigenvalue weighted by Crippen LogP contribution is -2.11. The minimum Gasteiger partial charge on any atom is -0.454 e. The highest BCUT2D eigenvalue weighted by molar-refractivity contribution is 6.17. The molecule has 68 heavy (non-hydrogen) atoms. The van der Waals surface area contributed by atoms with Crippen LogP contribution in [0, 0.1) is 0 Å². The molecule has 4 heteroatoms. The molecule has 3 heterocycles. The molecule has 0 N–H and O–H groups in total. The van der Waals surface area contributed by atoms with Gasteiger partial charge in [0.1, 0.15) is 11.2 Å². The Balaban J connectivity index is 0.939. The van der Waals surface area contributed by atoms with Crippen molar-refractivity contribution < 1.29 is 8.83 Å². The summed E-state index contributed by atoms with van der Waals surface area (Å²) in [4.78, 5) is 2.36. The van der Waals surface area contributed by atoms with Gasteiger partial charge >= 0.3 is 0 Å². The third-order valence-corrected chi connectivity index (χ3v) is 14.7. The molecule has 4 nitrogen and oxygen atoms in total. The van der Waals surface area contributed by atoms with Crippen molar-refractivity contribution in [3.05, 3.63) is 193 Å². The maximum Gasteiger partial charge on any atom is 0.159 e. The highest BCUT2D eigenvalue weighted by Gasteiger charge is 2.29. The Bertz CT molecular complexity index is 4110. The molecule has 1 aliphatic carbocycles. The zero-order chi connectivity index (χ0) is 45.8. The fraction of sp³-hybridized carbons (Fsp3) is 0.125. The van der Waals surface area contributed by atoms with E-state index in [1.165, 1.54) is 82.4 Å². The number of hydrogen-bond acceptors (Lipinski definition) is 3. The van der Waals surface area contributed by atoms with Crippen molar-refractivity contribution in [3.63, 3.8) is 0 Å². The Morgan fingerprint density at radius 1 is 0.353 bits per heavy atom. The van der Waals surface area contributed by atoms with Crippen LogP contribution >= 0.6 is 0 Å². The summed E-state index contributed by atoms with van der Waals surface area (Å²) in [7, 11) is 0. The van der Waals surface area contributed by atoms with Crippen LogP contribution in [0.3, 0.4) is 0 Å². The molecule has 0 saturated carbocycles. The van der Waals surface area contributed by atoms with Crippen molar-refractivity contribution >= 4 is 104 Å². The molecule has 13 aromatic rings. The highest BCUT2D eigenvalue weighted by Crippen LogP contribution is 2.52. The second kappa shape index (κ2) is 13.7. The van der Waals surface area contributed by atoms with Gasteiger partial charge in [0, 0.05) is 54.8 Å². The molecule has 0 unspecified atom stereocenters. The Labute approximate surface area is 394 Å². The van der Waals surface area contributed by atoms with Crippen LogP contribution in [-0.2, 0) is 10.8 Å². The van der Waals surface area contributed by atoms with Crippen LogP contribution in [0.2, 0.25) is 0 Å². The van der Waals surface area contributed by atoms with Crippen molar-refractivity contribution in [1.29, 1.82) is 0 Å².